The molecule has 0 bridgehead atoms. The van der Waals surface area contributed by atoms with Gasteiger partial charge in [-0.1, -0.05) is 0 Å². The van der Waals surface area contributed by atoms with Gasteiger partial charge in [-0.15, -0.1) is 0 Å². The van der Waals surface area contributed by atoms with Gasteiger partial charge in [-0.2, -0.15) is 13.4 Å². The van der Waals surface area contributed by atoms with E-state index < -0.39 is 26.8 Å². The summed E-state index contributed by atoms with van der Waals surface area (Å²) in [5, 5.41) is 8.16. The zero-order chi connectivity index (χ0) is 15.6. The number of carbonyl (C=O) groups is 1. The van der Waals surface area contributed by atoms with Crippen LogP contribution in [-0.4, -0.2) is 36.6 Å². The highest BCUT2D eigenvalue weighted by molar-refractivity contribution is 7.92. The molecule has 2 heterocycles. The molecule has 0 fully saturated rings. The second-order valence-corrected chi connectivity index (χ2v) is 5.52. The molecule has 2 rings (SSSR count). The van der Waals surface area contributed by atoms with Crippen molar-refractivity contribution < 1.29 is 27.5 Å². The molecule has 2 N–H and O–H groups in total. The van der Waals surface area contributed by atoms with Crippen molar-refractivity contribution in [3.8, 4) is 5.88 Å². The lowest BCUT2D eigenvalue weighted by atomic mass is 10.4. The first-order valence-electron chi connectivity index (χ1n) is 5.57. The van der Waals surface area contributed by atoms with Crippen LogP contribution in [0.3, 0.4) is 0 Å². The van der Waals surface area contributed by atoms with E-state index in [-0.39, 0.29) is 11.8 Å². The number of nitrogens with zero attached hydrogens (tertiary/aromatic N) is 2. The SMILES string of the molecule is COc1cc(C)nc(NS(=O)(=O)c2ccc(C(=O)O)o2)n1. The summed E-state index contributed by atoms with van der Waals surface area (Å²) in [5.41, 5.74) is 0.491. The molecule has 9 nitrogen and oxygen atoms in total. The first-order chi connectivity index (χ1) is 9.81. The number of rotatable bonds is 5. The number of nitrogens with one attached hydrogen (secondary N) is 1. The topological polar surface area (TPSA) is 132 Å². The van der Waals surface area contributed by atoms with Crippen molar-refractivity contribution in [1.82, 2.24) is 9.97 Å². The number of furan rings is 1. The summed E-state index contributed by atoms with van der Waals surface area (Å²) in [5.74, 6) is -1.88. The van der Waals surface area contributed by atoms with Gasteiger partial charge in [0.05, 0.1) is 7.11 Å². The van der Waals surface area contributed by atoms with E-state index in [4.69, 9.17) is 14.3 Å². The first-order valence-corrected chi connectivity index (χ1v) is 7.06. The Morgan fingerprint density at radius 3 is 2.67 bits per heavy atom. The van der Waals surface area contributed by atoms with E-state index in [2.05, 4.69) is 14.7 Å². The Morgan fingerprint density at radius 1 is 1.38 bits per heavy atom. The van der Waals surface area contributed by atoms with E-state index in [1.54, 1.807) is 6.92 Å². The maximum absolute atomic E-state index is 12.0. The van der Waals surface area contributed by atoms with Gasteiger partial charge < -0.3 is 14.3 Å². The zero-order valence-electron chi connectivity index (χ0n) is 11.0. The Bertz CT molecular complexity index is 783. The molecule has 0 aliphatic rings. The van der Waals surface area contributed by atoms with E-state index in [1.165, 1.54) is 13.2 Å². The summed E-state index contributed by atoms with van der Waals surface area (Å²) in [6, 6.07) is 3.58. The molecule has 0 aliphatic heterocycles. The number of carboxylic acid groups (broad SMARTS) is 1. The van der Waals surface area contributed by atoms with Crippen LogP contribution in [0.2, 0.25) is 0 Å². The molecule has 0 aliphatic carbocycles. The molecule has 10 heteroatoms. The van der Waals surface area contributed by atoms with Gasteiger partial charge in [-0.05, 0) is 19.1 Å². The smallest absolute Gasteiger partial charge is 0.371 e. The predicted octanol–water partition coefficient (Wildman–Crippen LogP) is 0.886. The summed E-state index contributed by atoms with van der Waals surface area (Å²) in [7, 11) is -2.75. The number of aromatic carboxylic acids is 1. The lowest BCUT2D eigenvalue weighted by Crippen LogP contribution is -2.15. The van der Waals surface area contributed by atoms with Gasteiger partial charge >= 0.3 is 5.97 Å². The van der Waals surface area contributed by atoms with Gasteiger partial charge in [-0.25, -0.2) is 14.5 Å². The maximum Gasteiger partial charge on any atom is 0.371 e. The number of ether oxygens (including phenoxy) is 1. The highest BCUT2D eigenvalue weighted by Gasteiger charge is 2.22. The van der Waals surface area contributed by atoms with Crippen LogP contribution < -0.4 is 9.46 Å². The van der Waals surface area contributed by atoms with Gasteiger partial charge in [0.15, 0.2) is 0 Å². The zero-order valence-corrected chi connectivity index (χ0v) is 11.8. The van der Waals surface area contributed by atoms with Crippen molar-refractivity contribution in [1.29, 1.82) is 0 Å². The van der Waals surface area contributed by atoms with Crippen LogP contribution in [-0.2, 0) is 10.0 Å². The summed E-state index contributed by atoms with van der Waals surface area (Å²) in [4.78, 5) is 18.4. The Kier molecular flexibility index (Phi) is 3.80. The standard InChI is InChI=1S/C11H11N3O6S/c1-6-5-8(19-2)13-11(12-6)14-21(17,18)9-4-3-7(20-9)10(15)16/h3-5H,1-2H3,(H,15,16)(H,12,13,14). The van der Waals surface area contributed by atoms with Crippen LogP contribution >= 0.6 is 0 Å². The van der Waals surface area contributed by atoms with Gasteiger partial charge in [0.25, 0.3) is 10.0 Å². The second-order valence-electron chi connectivity index (χ2n) is 3.90. The van der Waals surface area contributed by atoms with E-state index in [1.807, 2.05) is 0 Å². The van der Waals surface area contributed by atoms with E-state index in [0.29, 0.717) is 5.69 Å². The van der Waals surface area contributed by atoms with Crippen LogP contribution in [0, 0.1) is 6.92 Å². The van der Waals surface area contributed by atoms with Crippen LogP contribution in [0.25, 0.3) is 0 Å². The van der Waals surface area contributed by atoms with Gasteiger partial charge in [0.1, 0.15) is 0 Å². The summed E-state index contributed by atoms with van der Waals surface area (Å²) >= 11 is 0. The minimum absolute atomic E-state index is 0.186. The molecular formula is C11H11N3O6S. The lowest BCUT2D eigenvalue weighted by molar-refractivity contribution is 0.0656. The summed E-state index contributed by atoms with van der Waals surface area (Å²) in [6.07, 6.45) is 0. The number of hydrogen-bond donors (Lipinski definition) is 2. The minimum Gasteiger partial charge on any atom is -0.481 e. The predicted molar refractivity (Wildman–Crippen MR) is 69.8 cm³/mol. The molecule has 0 saturated heterocycles. The van der Waals surface area contributed by atoms with Crippen molar-refractivity contribution in [3.63, 3.8) is 0 Å². The van der Waals surface area contributed by atoms with E-state index in [9.17, 15) is 13.2 Å². The van der Waals surface area contributed by atoms with Gasteiger partial charge in [0.2, 0.25) is 22.7 Å². The van der Waals surface area contributed by atoms with E-state index >= 15 is 0 Å². The summed E-state index contributed by atoms with van der Waals surface area (Å²) < 4.78 is 35.8. The molecule has 0 saturated carbocycles. The molecular weight excluding hydrogens is 302 g/mol. The molecule has 2 aromatic rings. The third-order valence-electron chi connectivity index (χ3n) is 2.32. The number of sulfonamides is 1. The number of aromatic nitrogens is 2. The Balaban J connectivity index is 2.32. The Hall–Kier alpha value is -2.62. The number of aryl methyl sites for hydroxylation is 1. The first kappa shape index (κ1) is 14.8. The van der Waals surface area contributed by atoms with Crippen LogP contribution in [0.1, 0.15) is 16.2 Å². The largest absolute Gasteiger partial charge is 0.481 e. The Labute approximate surface area is 119 Å². The molecule has 0 spiro atoms. The van der Waals surface area contributed by atoms with Crippen LogP contribution in [0.4, 0.5) is 5.95 Å². The van der Waals surface area contributed by atoms with Crippen molar-refractivity contribution in [2.45, 2.75) is 12.0 Å². The average Bonchev–Trinajstić information content (AvgIpc) is 2.87. The fourth-order valence-corrected chi connectivity index (χ4v) is 2.32. The molecule has 2 aromatic heterocycles. The highest BCUT2D eigenvalue weighted by atomic mass is 32.2. The fourth-order valence-electron chi connectivity index (χ4n) is 1.44. The van der Waals surface area contributed by atoms with E-state index in [0.717, 1.165) is 12.1 Å². The summed E-state index contributed by atoms with van der Waals surface area (Å²) in [6.45, 7) is 1.64. The molecule has 0 radical (unpaired) electrons. The minimum atomic E-state index is -4.13. The number of hydrogen-bond acceptors (Lipinski definition) is 7. The van der Waals surface area contributed by atoms with Crippen LogP contribution in [0.15, 0.2) is 27.7 Å². The second kappa shape index (κ2) is 5.40. The number of methoxy groups -OCH3 is 1. The van der Waals surface area contributed by atoms with Gasteiger partial charge in [-0.3, -0.25) is 0 Å². The fraction of sp³-hybridized carbons (Fsp3) is 0.182. The average molecular weight is 313 g/mol. The van der Waals surface area contributed by atoms with Crippen molar-refractivity contribution >= 4 is 21.9 Å². The molecule has 0 atom stereocenters. The Morgan fingerprint density at radius 2 is 2.10 bits per heavy atom. The highest BCUT2D eigenvalue weighted by Crippen LogP contribution is 2.18. The van der Waals surface area contributed by atoms with Crippen molar-refractivity contribution in [2.24, 2.45) is 0 Å². The molecule has 0 amide bonds. The molecule has 112 valence electrons. The third kappa shape index (κ3) is 3.28. The quantitative estimate of drug-likeness (QED) is 0.831. The molecule has 0 unspecified atom stereocenters. The lowest BCUT2D eigenvalue weighted by Gasteiger charge is -2.06. The maximum atomic E-state index is 12.0. The monoisotopic (exact) mass is 313 g/mol. The molecule has 0 aromatic carbocycles. The number of anilines is 1. The van der Waals surface area contributed by atoms with Crippen molar-refractivity contribution in [3.05, 3.63) is 29.7 Å². The third-order valence-corrected chi connectivity index (χ3v) is 3.52. The van der Waals surface area contributed by atoms with Crippen LogP contribution in [0.5, 0.6) is 5.88 Å². The molecule has 21 heavy (non-hydrogen) atoms. The number of carboxylic acids is 1. The normalized spacial score (nSPS) is 11.1. The van der Waals surface area contributed by atoms with Crippen molar-refractivity contribution in [2.75, 3.05) is 11.8 Å². The van der Waals surface area contributed by atoms with Gasteiger partial charge in [0, 0.05) is 11.8 Å².